The van der Waals surface area contributed by atoms with Gasteiger partial charge in [0.05, 0.1) is 18.0 Å². The van der Waals surface area contributed by atoms with Gasteiger partial charge >= 0.3 is 0 Å². The lowest BCUT2D eigenvalue weighted by molar-refractivity contribution is 0.0510. The lowest BCUT2D eigenvalue weighted by atomic mass is 9.79. The highest BCUT2D eigenvalue weighted by Crippen LogP contribution is 2.28. The van der Waals surface area contributed by atoms with Crippen molar-refractivity contribution in [1.82, 2.24) is 30.6 Å². The molecule has 2 aromatic heterocycles. The number of carbonyl (C=O) groups excluding carboxylic acids is 1. The van der Waals surface area contributed by atoms with Gasteiger partial charge in [0.1, 0.15) is 0 Å². The number of hydrogen-bond acceptors (Lipinski definition) is 6. The summed E-state index contributed by atoms with van der Waals surface area (Å²) in [5.41, 5.74) is 1.89. The number of fused-ring (bicyclic) bond motifs is 1. The van der Waals surface area contributed by atoms with E-state index < -0.39 is 0 Å². The van der Waals surface area contributed by atoms with Crippen LogP contribution < -0.4 is 10.6 Å². The molecular weight excluding hydrogens is 439 g/mol. The maximum absolute atomic E-state index is 12.9. The molecule has 8 nitrogen and oxygen atoms in total. The quantitative estimate of drug-likeness (QED) is 0.579. The number of amides is 1. The second-order valence-electron chi connectivity index (χ2n) is 7.67. The van der Waals surface area contributed by atoms with E-state index in [2.05, 4.69) is 25.9 Å². The maximum Gasteiger partial charge on any atom is 0.273 e. The lowest BCUT2D eigenvalue weighted by Gasteiger charge is -2.37. The molecule has 2 N–H and O–H groups in total. The number of nitrogens with zero attached hydrogens (tertiary/aromatic N) is 4. The standard InChI is InChI=1S/C21H26N6O2.2ClH/c1-15-19(20(28)24-13-21(14-29-2)7-10-22-11-8-21)25-26-27(15)18-5-3-4-16-12-23-9-6-17(16)18;;/h3-6,9,12,22H,7-8,10-11,13-14H2,1-2H3,(H,24,28);2*1H. The molecule has 0 unspecified atom stereocenters. The van der Waals surface area contributed by atoms with Crippen LogP contribution in [0.5, 0.6) is 0 Å². The van der Waals surface area contributed by atoms with Gasteiger partial charge in [0.15, 0.2) is 5.69 Å². The second-order valence-corrected chi connectivity index (χ2v) is 7.67. The summed E-state index contributed by atoms with van der Waals surface area (Å²) in [6, 6.07) is 7.86. The zero-order valence-corrected chi connectivity index (χ0v) is 19.3. The smallest absolute Gasteiger partial charge is 0.273 e. The molecule has 0 spiro atoms. The van der Waals surface area contributed by atoms with Crippen LogP contribution in [0.15, 0.2) is 36.7 Å². The zero-order chi connectivity index (χ0) is 20.3. The molecule has 0 atom stereocenters. The molecule has 3 heterocycles. The Balaban J connectivity index is 0.00000171. The molecule has 1 amide bonds. The van der Waals surface area contributed by atoms with Crippen LogP contribution in [0, 0.1) is 12.3 Å². The zero-order valence-electron chi connectivity index (χ0n) is 17.6. The highest BCUT2D eigenvalue weighted by Gasteiger charge is 2.33. The van der Waals surface area contributed by atoms with E-state index in [0.717, 1.165) is 42.4 Å². The average molecular weight is 467 g/mol. The fourth-order valence-electron chi connectivity index (χ4n) is 4.04. The van der Waals surface area contributed by atoms with Gasteiger partial charge in [0.25, 0.3) is 5.91 Å². The summed E-state index contributed by atoms with van der Waals surface area (Å²) in [7, 11) is 1.71. The van der Waals surface area contributed by atoms with Crippen LogP contribution in [0.25, 0.3) is 16.5 Å². The van der Waals surface area contributed by atoms with Crippen LogP contribution in [-0.2, 0) is 4.74 Å². The fraction of sp³-hybridized carbons (Fsp3) is 0.429. The van der Waals surface area contributed by atoms with Gasteiger partial charge in [0, 0.05) is 42.2 Å². The van der Waals surface area contributed by atoms with Gasteiger partial charge in [-0.05, 0) is 45.0 Å². The SMILES string of the molecule is COCC1(CNC(=O)c2nnn(-c3cccc4cnccc34)c2C)CCNCC1.Cl.Cl. The van der Waals surface area contributed by atoms with Crippen molar-refractivity contribution in [2.75, 3.05) is 33.4 Å². The minimum absolute atomic E-state index is 0. The van der Waals surface area contributed by atoms with Crippen molar-refractivity contribution < 1.29 is 9.53 Å². The highest BCUT2D eigenvalue weighted by molar-refractivity contribution is 5.94. The molecule has 1 saturated heterocycles. The molecular formula is C21H28Cl2N6O2. The third-order valence-electron chi connectivity index (χ3n) is 5.73. The summed E-state index contributed by atoms with van der Waals surface area (Å²) in [6.07, 6.45) is 5.50. The Kier molecular flexibility index (Phi) is 8.76. The molecule has 168 valence electrons. The summed E-state index contributed by atoms with van der Waals surface area (Å²) in [4.78, 5) is 17.0. The van der Waals surface area contributed by atoms with Crippen LogP contribution in [0.1, 0.15) is 29.0 Å². The molecule has 1 fully saturated rings. The van der Waals surface area contributed by atoms with Gasteiger partial charge < -0.3 is 15.4 Å². The number of piperidine rings is 1. The monoisotopic (exact) mass is 466 g/mol. The van der Waals surface area contributed by atoms with Crippen molar-refractivity contribution in [2.24, 2.45) is 5.41 Å². The number of rotatable bonds is 6. The number of carbonyl (C=O) groups is 1. The molecule has 1 aromatic carbocycles. The molecule has 1 aliphatic heterocycles. The molecule has 0 bridgehead atoms. The van der Waals surface area contributed by atoms with E-state index >= 15 is 0 Å². The van der Waals surface area contributed by atoms with Gasteiger partial charge in [-0.25, -0.2) is 4.68 Å². The number of benzene rings is 1. The van der Waals surface area contributed by atoms with Crippen LogP contribution in [0.4, 0.5) is 0 Å². The molecule has 31 heavy (non-hydrogen) atoms. The van der Waals surface area contributed by atoms with Gasteiger partial charge in [-0.3, -0.25) is 9.78 Å². The Hall–Kier alpha value is -2.26. The summed E-state index contributed by atoms with van der Waals surface area (Å²) in [6.45, 7) is 4.93. The van der Waals surface area contributed by atoms with Gasteiger partial charge in [-0.1, -0.05) is 17.3 Å². The molecule has 4 rings (SSSR count). The predicted molar refractivity (Wildman–Crippen MR) is 125 cm³/mol. The maximum atomic E-state index is 12.9. The first kappa shape index (κ1) is 25.0. The van der Waals surface area contributed by atoms with Crippen molar-refractivity contribution in [3.05, 3.63) is 48.0 Å². The molecule has 0 aliphatic carbocycles. The van der Waals surface area contributed by atoms with Crippen LogP contribution in [-0.4, -0.2) is 59.2 Å². The van der Waals surface area contributed by atoms with Crippen molar-refractivity contribution >= 4 is 41.5 Å². The number of methoxy groups -OCH3 is 1. The van der Waals surface area contributed by atoms with Crippen LogP contribution >= 0.6 is 24.8 Å². The Morgan fingerprint density at radius 2 is 2.03 bits per heavy atom. The summed E-state index contributed by atoms with van der Waals surface area (Å²) in [5, 5.41) is 16.9. The van der Waals surface area contributed by atoms with Crippen molar-refractivity contribution in [2.45, 2.75) is 19.8 Å². The molecule has 3 aromatic rings. The minimum atomic E-state index is -0.204. The van der Waals surface area contributed by atoms with E-state index in [1.807, 2.05) is 37.4 Å². The van der Waals surface area contributed by atoms with Crippen molar-refractivity contribution in [3.8, 4) is 5.69 Å². The normalized spacial score (nSPS) is 15.0. The van der Waals surface area contributed by atoms with Crippen LogP contribution in [0.3, 0.4) is 0 Å². The Morgan fingerprint density at radius 1 is 1.26 bits per heavy atom. The molecule has 0 radical (unpaired) electrons. The van der Waals surface area contributed by atoms with E-state index in [9.17, 15) is 4.79 Å². The number of pyridine rings is 1. The van der Waals surface area contributed by atoms with Gasteiger partial charge in [0.2, 0.25) is 0 Å². The molecule has 10 heteroatoms. The number of ether oxygens (including phenoxy) is 1. The predicted octanol–water partition coefficient (Wildman–Crippen LogP) is 2.71. The lowest BCUT2D eigenvalue weighted by Crippen LogP contribution is -2.47. The third kappa shape index (κ3) is 5.15. The van der Waals surface area contributed by atoms with Crippen molar-refractivity contribution in [3.63, 3.8) is 0 Å². The molecule has 1 aliphatic rings. The van der Waals surface area contributed by atoms with Gasteiger partial charge in [-0.2, -0.15) is 0 Å². The topological polar surface area (TPSA) is 94.0 Å². The minimum Gasteiger partial charge on any atom is -0.384 e. The van der Waals surface area contributed by atoms with Crippen LogP contribution in [0.2, 0.25) is 0 Å². The third-order valence-corrected chi connectivity index (χ3v) is 5.73. The fourth-order valence-corrected chi connectivity index (χ4v) is 4.04. The Bertz CT molecular complexity index is 1010. The first-order valence-corrected chi connectivity index (χ1v) is 9.87. The van der Waals surface area contributed by atoms with E-state index in [0.29, 0.717) is 24.5 Å². The van der Waals surface area contributed by atoms with E-state index in [-0.39, 0.29) is 36.1 Å². The Morgan fingerprint density at radius 3 is 2.77 bits per heavy atom. The number of nitrogens with one attached hydrogen (secondary N) is 2. The summed E-state index contributed by atoms with van der Waals surface area (Å²) < 4.78 is 7.15. The Labute approximate surface area is 194 Å². The van der Waals surface area contributed by atoms with E-state index in [1.165, 1.54) is 0 Å². The first-order valence-electron chi connectivity index (χ1n) is 9.87. The number of aromatic nitrogens is 4. The number of hydrogen-bond donors (Lipinski definition) is 2. The van der Waals surface area contributed by atoms with Crippen molar-refractivity contribution in [1.29, 1.82) is 0 Å². The highest BCUT2D eigenvalue weighted by atomic mass is 35.5. The average Bonchev–Trinajstić information content (AvgIpc) is 3.14. The second kappa shape index (κ2) is 10.9. The van der Waals surface area contributed by atoms with Gasteiger partial charge in [-0.15, -0.1) is 29.9 Å². The van der Waals surface area contributed by atoms with E-state index in [4.69, 9.17) is 4.74 Å². The first-order chi connectivity index (χ1) is 14.1. The molecule has 0 saturated carbocycles. The number of halogens is 2. The summed E-state index contributed by atoms with van der Waals surface area (Å²) >= 11 is 0. The van der Waals surface area contributed by atoms with E-state index in [1.54, 1.807) is 18.0 Å². The largest absolute Gasteiger partial charge is 0.384 e. The summed E-state index contributed by atoms with van der Waals surface area (Å²) in [5.74, 6) is -0.204.